The van der Waals surface area contributed by atoms with Gasteiger partial charge < -0.3 is 10.1 Å². The molecule has 0 spiro atoms. The van der Waals surface area contributed by atoms with Crippen molar-refractivity contribution in [3.8, 4) is 5.75 Å². The fourth-order valence-corrected chi connectivity index (χ4v) is 1.17. The highest BCUT2D eigenvalue weighted by molar-refractivity contribution is 6.29. The van der Waals surface area contributed by atoms with Crippen LogP contribution in [0, 0.1) is 0 Å². The van der Waals surface area contributed by atoms with Crippen LogP contribution in [0.3, 0.4) is 0 Å². The molecule has 1 aromatic rings. The zero-order valence-corrected chi connectivity index (χ0v) is 9.17. The smallest absolute Gasteiger partial charge is 0.255 e. The molecule has 1 amide bonds. The third-order valence-electron chi connectivity index (χ3n) is 1.79. The second-order valence-corrected chi connectivity index (χ2v) is 3.43. The van der Waals surface area contributed by atoms with E-state index in [-0.39, 0.29) is 12.5 Å². The Balaban J connectivity index is 2.77. The molecule has 0 aliphatic rings. The minimum absolute atomic E-state index is 0.228. The summed E-state index contributed by atoms with van der Waals surface area (Å²) >= 11 is 5.54. The predicted molar refractivity (Wildman–Crippen MR) is 60.3 cm³/mol. The zero-order chi connectivity index (χ0) is 11.3. The Kier molecular flexibility index (Phi) is 4.18. The summed E-state index contributed by atoms with van der Waals surface area (Å²) in [6, 6.07) is 6.98. The highest BCUT2D eigenvalue weighted by Gasteiger charge is 2.10. The number of hydrogen-bond donors (Lipinski definition) is 1. The van der Waals surface area contributed by atoms with E-state index < -0.39 is 0 Å². The summed E-state index contributed by atoms with van der Waals surface area (Å²) in [5.74, 6) is 0.310. The molecule has 0 radical (unpaired) electrons. The van der Waals surface area contributed by atoms with Crippen LogP contribution in [0.4, 0.5) is 0 Å². The molecule has 0 heterocycles. The molecule has 0 aliphatic heterocycles. The topological polar surface area (TPSA) is 38.3 Å². The van der Waals surface area contributed by atoms with E-state index in [1.165, 1.54) is 7.11 Å². The van der Waals surface area contributed by atoms with Gasteiger partial charge in [-0.25, -0.2) is 0 Å². The maximum absolute atomic E-state index is 11.6. The standard InChI is InChI=1S/C11H12ClNO2/c1-8(12)7-13-11(14)9-5-3-4-6-10(9)15-2/h3-6H,1,7H2,2H3,(H,13,14). The van der Waals surface area contributed by atoms with Crippen LogP contribution in [0.1, 0.15) is 10.4 Å². The lowest BCUT2D eigenvalue weighted by atomic mass is 10.2. The molecule has 4 heteroatoms. The average Bonchev–Trinajstić information content (AvgIpc) is 2.25. The van der Waals surface area contributed by atoms with Gasteiger partial charge in [0.15, 0.2) is 0 Å². The van der Waals surface area contributed by atoms with Crippen LogP contribution in [0.2, 0.25) is 0 Å². The second kappa shape index (κ2) is 5.41. The molecule has 0 saturated heterocycles. The van der Waals surface area contributed by atoms with Crippen molar-refractivity contribution < 1.29 is 9.53 Å². The van der Waals surface area contributed by atoms with Crippen molar-refractivity contribution in [1.82, 2.24) is 5.32 Å². The van der Waals surface area contributed by atoms with Gasteiger partial charge in [0.1, 0.15) is 5.75 Å². The first-order valence-electron chi connectivity index (χ1n) is 4.39. The predicted octanol–water partition coefficient (Wildman–Crippen LogP) is 2.18. The SMILES string of the molecule is C=C(Cl)CNC(=O)c1ccccc1OC. The average molecular weight is 226 g/mol. The first kappa shape index (κ1) is 11.6. The molecule has 80 valence electrons. The number of ether oxygens (including phenoxy) is 1. The molecule has 0 aliphatic carbocycles. The maximum atomic E-state index is 11.6. The van der Waals surface area contributed by atoms with Crippen LogP contribution in [-0.2, 0) is 0 Å². The van der Waals surface area contributed by atoms with Gasteiger partial charge in [0.2, 0.25) is 0 Å². The molecule has 15 heavy (non-hydrogen) atoms. The Morgan fingerprint density at radius 1 is 1.53 bits per heavy atom. The Morgan fingerprint density at radius 2 is 2.20 bits per heavy atom. The minimum atomic E-state index is -0.228. The first-order valence-corrected chi connectivity index (χ1v) is 4.77. The monoisotopic (exact) mass is 225 g/mol. The normalized spacial score (nSPS) is 9.47. The van der Waals surface area contributed by atoms with Crippen molar-refractivity contribution in [1.29, 1.82) is 0 Å². The fourth-order valence-electron chi connectivity index (χ4n) is 1.10. The van der Waals surface area contributed by atoms with E-state index in [1.807, 2.05) is 0 Å². The number of carbonyl (C=O) groups excluding carboxylic acids is 1. The molecule has 0 fully saturated rings. The summed E-state index contributed by atoms with van der Waals surface area (Å²) in [6.07, 6.45) is 0. The van der Waals surface area contributed by atoms with Crippen LogP contribution < -0.4 is 10.1 Å². The van der Waals surface area contributed by atoms with Crippen molar-refractivity contribution in [2.75, 3.05) is 13.7 Å². The van der Waals surface area contributed by atoms with Crippen molar-refractivity contribution >= 4 is 17.5 Å². The molecule has 0 atom stereocenters. The van der Waals surface area contributed by atoms with Gasteiger partial charge in [0, 0.05) is 5.03 Å². The summed E-state index contributed by atoms with van der Waals surface area (Å²) in [5, 5.41) is 3.01. The van der Waals surface area contributed by atoms with E-state index in [2.05, 4.69) is 11.9 Å². The number of benzene rings is 1. The maximum Gasteiger partial charge on any atom is 0.255 e. The summed E-state index contributed by atoms with van der Waals surface area (Å²) in [5.41, 5.74) is 0.484. The number of nitrogens with one attached hydrogen (secondary N) is 1. The number of hydrogen-bond acceptors (Lipinski definition) is 2. The molecule has 3 nitrogen and oxygen atoms in total. The third kappa shape index (κ3) is 3.29. The van der Waals surface area contributed by atoms with Gasteiger partial charge in [-0.15, -0.1) is 0 Å². The molecular weight excluding hydrogens is 214 g/mol. The summed E-state index contributed by atoms with van der Waals surface area (Å²) in [6.45, 7) is 3.73. The Hall–Kier alpha value is -1.48. The van der Waals surface area contributed by atoms with Crippen LogP contribution in [0.25, 0.3) is 0 Å². The van der Waals surface area contributed by atoms with E-state index in [0.29, 0.717) is 16.3 Å². The number of methoxy groups -OCH3 is 1. The number of carbonyl (C=O) groups is 1. The Morgan fingerprint density at radius 3 is 2.80 bits per heavy atom. The summed E-state index contributed by atoms with van der Waals surface area (Å²) in [7, 11) is 1.52. The molecule has 0 aromatic heterocycles. The first-order chi connectivity index (χ1) is 7.15. The van der Waals surface area contributed by atoms with E-state index in [4.69, 9.17) is 16.3 Å². The highest BCUT2D eigenvalue weighted by atomic mass is 35.5. The molecule has 1 rings (SSSR count). The van der Waals surface area contributed by atoms with E-state index >= 15 is 0 Å². The lowest BCUT2D eigenvalue weighted by Crippen LogP contribution is -2.24. The second-order valence-electron chi connectivity index (χ2n) is 2.90. The quantitative estimate of drug-likeness (QED) is 0.853. The molecular formula is C11H12ClNO2. The zero-order valence-electron chi connectivity index (χ0n) is 8.42. The number of rotatable bonds is 4. The van der Waals surface area contributed by atoms with Crippen LogP contribution >= 0.6 is 11.6 Å². The molecule has 0 saturated carbocycles. The number of para-hydroxylation sites is 1. The number of amides is 1. The lowest BCUT2D eigenvalue weighted by Gasteiger charge is -2.08. The van der Waals surface area contributed by atoms with Crippen molar-refractivity contribution in [3.05, 3.63) is 41.4 Å². The van der Waals surface area contributed by atoms with Gasteiger partial charge in [0.25, 0.3) is 5.91 Å². The minimum Gasteiger partial charge on any atom is -0.496 e. The Labute approximate surface area is 93.7 Å². The van der Waals surface area contributed by atoms with Crippen LogP contribution in [0.15, 0.2) is 35.9 Å². The van der Waals surface area contributed by atoms with Gasteiger partial charge in [-0.3, -0.25) is 4.79 Å². The molecule has 0 unspecified atom stereocenters. The fraction of sp³-hybridized carbons (Fsp3) is 0.182. The third-order valence-corrected chi connectivity index (χ3v) is 1.93. The molecule has 1 N–H and O–H groups in total. The highest BCUT2D eigenvalue weighted by Crippen LogP contribution is 2.16. The lowest BCUT2D eigenvalue weighted by molar-refractivity contribution is 0.0954. The molecule has 0 bridgehead atoms. The number of halogens is 1. The van der Waals surface area contributed by atoms with Gasteiger partial charge in [-0.05, 0) is 12.1 Å². The van der Waals surface area contributed by atoms with Gasteiger partial charge in [-0.1, -0.05) is 30.3 Å². The van der Waals surface area contributed by atoms with Crippen molar-refractivity contribution in [3.63, 3.8) is 0 Å². The largest absolute Gasteiger partial charge is 0.496 e. The van der Waals surface area contributed by atoms with Crippen LogP contribution in [0.5, 0.6) is 5.75 Å². The van der Waals surface area contributed by atoms with E-state index in [0.717, 1.165) is 0 Å². The van der Waals surface area contributed by atoms with Gasteiger partial charge >= 0.3 is 0 Å². The van der Waals surface area contributed by atoms with Gasteiger partial charge in [-0.2, -0.15) is 0 Å². The van der Waals surface area contributed by atoms with Crippen molar-refractivity contribution in [2.24, 2.45) is 0 Å². The van der Waals surface area contributed by atoms with Crippen LogP contribution in [-0.4, -0.2) is 19.6 Å². The van der Waals surface area contributed by atoms with E-state index in [1.54, 1.807) is 24.3 Å². The molecule has 1 aromatic carbocycles. The van der Waals surface area contributed by atoms with E-state index in [9.17, 15) is 4.79 Å². The summed E-state index contributed by atoms with van der Waals surface area (Å²) < 4.78 is 5.06. The Bertz CT molecular complexity index is 377. The van der Waals surface area contributed by atoms with Gasteiger partial charge in [0.05, 0.1) is 19.2 Å². The van der Waals surface area contributed by atoms with Crippen molar-refractivity contribution in [2.45, 2.75) is 0 Å². The summed E-state index contributed by atoms with van der Waals surface area (Å²) in [4.78, 5) is 11.6.